The Kier molecular flexibility index (Phi) is 2.39. The SMILES string of the molecule is COC(=O)C1C(=O)NN=C1CN. The largest absolute Gasteiger partial charge is 0.468 e. The summed E-state index contributed by atoms with van der Waals surface area (Å²) in [5.74, 6) is -2.07. The summed E-state index contributed by atoms with van der Waals surface area (Å²) < 4.78 is 4.40. The molecule has 66 valence electrons. The van der Waals surface area contributed by atoms with Crippen LogP contribution in [-0.2, 0) is 14.3 Å². The molecular weight excluding hydrogens is 162 g/mol. The molecule has 0 fully saturated rings. The van der Waals surface area contributed by atoms with Crippen molar-refractivity contribution in [1.82, 2.24) is 5.43 Å². The van der Waals surface area contributed by atoms with E-state index in [0.29, 0.717) is 5.71 Å². The van der Waals surface area contributed by atoms with E-state index in [0.717, 1.165) is 0 Å². The Hall–Kier alpha value is -1.43. The molecule has 1 aliphatic heterocycles. The summed E-state index contributed by atoms with van der Waals surface area (Å²) in [6, 6.07) is 0. The molecule has 0 aromatic rings. The van der Waals surface area contributed by atoms with Gasteiger partial charge in [0.2, 0.25) is 0 Å². The Bertz CT molecular complexity index is 248. The Morgan fingerprint density at radius 3 is 3.00 bits per heavy atom. The molecule has 12 heavy (non-hydrogen) atoms. The molecule has 1 amide bonds. The third-order valence-electron chi connectivity index (χ3n) is 1.55. The van der Waals surface area contributed by atoms with E-state index in [1.165, 1.54) is 7.11 Å². The van der Waals surface area contributed by atoms with Gasteiger partial charge in [-0.15, -0.1) is 0 Å². The van der Waals surface area contributed by atoms with Crippen molar-refractivity contribution in [3.8, 4) is 0 Å². The number of carbonyl (C=O) groups excluding carboxylic acids is 2. The van der Waals surface area contributed by atoms with Crippen molar-refractivity contribution in [2.24, 2.45) is 16.8 Å². The summed E-state index contributed by atoms with van der Waals surface area (Å²) in [6.07, 6.45) is 0. The molecule has 1 aliphatic rings. The minimum atomic E-state index is -0.958. The lowest BCUT2D eigenvalue weighted by Crippen LogP contribution is -2.34. The van der Waals surface area contributed by atoms with Gasteiger partial charge in [0.05, 0.1) is 12.8 Å². The van der Waals surface area contributed by atoms with E-state index in [1.54, 1.807) is 0 Å². The second-order valence-electron chi connectivity index (χ2n) is 2.24. The van der Waals surface area contributed by atoms with Gasteiger partial charge in [0.1, 0.15) is 0 Å². The summed E-state index contributed by atoms with van der Waals surface area (Å²) in [5.41, 5.74) is 7.71. The number of nitrogens with one attached hydrogen (secondary N) is 1. The maximum Gasteiger partial charge on any atom is 0.324 e. The van der Waals surface area contributed by atoms with Gasteiger partial charge in [0.25, 0.3) is 5.91 Å². The molecule has 0 aliphatic carbocycles. The van der Waals surface area contributed by atoms with Crippen LogP contribution in [0.3, 0.4) is 0 Å². The lowest BCUT2D eigenvalue weighted by Gasteiger charge is -2.05. The molecule has 1 atom stereocenters. The minimum Gasteiger partial charge on any atom is -0.468 e. The normalized spacial score (nSPS) is 21.7. The maximum absolute atomic E-state index is 11.0. The first-order valence-electron chi connectivity index (χ1n) is 3.35. The third-order valence-corrected chi connectivity index (χ3v) is 1.55. The number of rotatable bonds is 2. The number of esters is 1. The smallest absolute Gasteiger partial charge is 0.324 e. The number of nitrogens with two attached hydrogens (primary N) is 1. The predicted molar refractivity (Wildman–Crippen MR) is 40.1 cm³/mol. The van der Waals surface area contributed by atoms with E-state index < -0.39 is 17.8 Å². The molecule has 1 unspecified atom stereocenters. The van der Waals surface area contributed by atoms with Gasteiger partial charge >= 0.3 is 5.97 Å². The number of hydrazone groups is 1. The van der Waals surface area contributed by atoms with Crippen molar-refractivity contribution in [2.45, 2.75) is 0 Å². The maximum atomic E-state index is 11.0. The second-order valence-corrected chi connectivity index (χ2v) is 2.24. The quantitative estimate of drug-likeness (QED) is 0.379. The highest BCUT2D eigenvalue weighted by Crippen LogP contribution is 2.07. The molecule has 6 heteroatoms. The van der Waals surface area contributed by atoms with E-state index in [4.69, 9.17) is 5.73 Å². The summed E-state index contributed by atoms with van der Waals surface area (Å²) in [4.78, 5) is 21.9. The molecule has 1 heterocycles. The summed E-state index contributed by atoms with van der Waals surface area (Å²) in [5, 5.41) is 3.58. The molecule has 0 aromatic heterocycles. The molecule has 0 bridgehead atoms. The van der Waals surface area contributed by atoms with Gasteiger partial charge in [0.15, 0.2) is 5.92 Å². The molecule has 0 saturated heterocycles. The molecule has 0 spiro atoms. The standard InChI is InChI=1S/C6H9N3O3/c1-12-6(11)4-3(2-7)8-9-5(4)10/h4H,2,7H2,1H3,(H,9,10). The predicted octanol–water partition coefficient (Wildman–Crippen LogP) is -1.78. The molecule has 0 radical (unpaired) electrons. The topological polar surface area (TPSA) is 93.8 Å². The van der Waals surface area contributed by atoms with Crippen LogP contribution in [0.1, 0.15) is 0 Å². The number of amides is 1. The van der Waals surface area contributed by atoms with E-state index in [1.807, 2.05) is 0 Å². The van der Waals surface area contributed by atoms with Crippen LogP contribution in [0.5, 0.6) is 0 Å². The summed E-state index contributed by atoms with van der Waals surface area (Å²) in [6.45, 7) is 0.0680. The minimum absolute atomic E-state index is 0.0680. The average molecular weight is 171 g/mol. The fourth-order valence-corrected chi connectivity index (χ4v) is 0.932. The molecule has 0 saturated carbocycles. The highest BCUT2D eigenvalue weighted by atomic mass is 16.5. The molecule has 3 N–H and O–H groups in total. The monoisotopic (exact) mass is 171 g/mol. The lowest BCUT2D eigenvalue weighted by atomic mass is 10.0. The van der Waals surface area contributed by atoms with Crippen molar-refractivity contribution >= 4 is 17.6 Å². The molecular formula is C6H9N3O3. The number of methoxy groups -OCH3 is 1. The van der Waals surface area contributed by atoms with Crippen molar-refractivity contribution in [1.29, 1.82) is 0 Å². The molecule has 1 rings (SSSR count). The number of ether oxygens (including phenoxy) is 1. The van der Waals surface area contributed by atoms with Crippen LogP contribution in [0.4, 0.5) is 0 Å². The van der Waals surface area contributed by atoms with E-state index >= 15 is 0 Å². The second kappa shape index (κ2) is 3.31. The van der Waals surface area contributed by atoms with Crippen molar-refractivity contribution in [3.63, 3.8) is 0 Å². The van der Waals surface area contributed by atoms with Crippen LogP contribution in [0.15, 0.2) is 5.10 Å². The van der Waals surface area contributed by atoms with Gasteiger partial charge in [0, 0.05) is 6.54 Å². The van der Waals surface area contributed by atoms with E-state index in [9.17, 15) is 9.59 Å². The van der Waals surface area contributed by atoms with Crippen molar-refractivity contribution in [3.05, 3.63) is 0 Å². The van der Waals surface area contributed by atoms with Crippen LogP contribution in [0.25, 0.3) is 0 Å². The first-order chi connectivity index (χ1) is 5.70. The van der Waals surface area contributed by atoms with Gasteiger partial charge in [-0.25, -0.2) is 5.43 Å². The van der Waals surface area contributed by atoms with Gasteiger partial charge in [-0.1, -0.05) is 0 Å². The number of carbonyl (C=O) groups is 2. The zero-order valence-corrected chi connectivity index (χ0v) is 6.53. The van der Waals surface area contributed by atoms with E-state index in [2.05, 4.69) is 15.3 Å². The number of hydrogen-bond donors (Lipinski definition) is 2. The molecule has 6 nitrogen and oxygen atoms in total. The molecule has 0 aromatic carbocycles. The lowest BCUT2D eigenvalue weighted by molar-refractivity contribution is -0.146. The van der Waals surface area contributed by atoms with Crippen LogP contribution >= 0.6 is 0 Å². The van der Waals surface area contributed by atoms with Crippen molar-refractivity contribution in [2.75, 3.05) is 13.7 Å². The van der Waals surface area contributed by atoms with Gasteiger partial charge in [-0.05, 0) is 0 Å². The van der Waals surface area contributed by atoms with E-state index in [-0.39, 0.29) is 6.54 Å². The summed E-state index contributed by atoms with van der Waals surface area (Å²) >= 11 is 0. The van der Waals surface area contributed by atoms with Gasteiger partial charge < -0.3 is 10.5 Å². The van der Waals surface area contributed by atoms with Crippen LogP contribution in [0.2, 0.25) is 0 Å². The summed E-state index contributed by atoms with van der Waals surface area (Å²) in [7, 11) is 1.21. The Morgan fingerprint density at radius 1 is 1.83 bits per heavy atom. The Labute approximate surface area is 68.7 Å². The first-order valence-corrected chi connectivity index (χ1v) is 3.35. The Balaban J connectivity index is 2.79. The van der Waals surface area contributed by atoms with Crippen molar-refractivity contribution < 1.29 is 14.3 Å². The van der Waals surface area contributed by atoms with Gasteiger partial charge in [-0.2, -0.15) is 5.10 Å². The zero-order valence-electron chi connectivity index (χ0n) is 6.53. The number of nitrogens with zero attached hydrogens (tertiary/aromatic N) is 1. The van der Waals surface area contributed by atoms with Crippen LogP contribution in [0, 0.1) is 5.92 Å². The van der Waals surface area contributed by atoms with Gasteiger partial charge in [-0.3, -0.25) is 9.59 Å². The number of hydrogen-bond acceptors (Lipinski definition) is 5. The zero-order chi connectivity index (χ0) is 9.14. The Morgan fingerprint density at radius 2 is 2.50 bits per heavy atom. The third kappa shape index (κ3) is 1.28. The van der Waals surface area contributed by atoms with Crippen LogP contribution < -0.4 is 11.2 Å². The first kappa shape index (κ1) is 8.66. The fraction of sp³-hybridized carbons (Fsp3) is 0.500. The van der Waals surface area contributed by atoms with Crippen LogP contribution in [-0.4, -0.2) is 31.2 Å². The highest BCUT2D eigenvalue weighted by Gasteiger charge is 2.36. The average Bonchev–Trinajstić information content (AvgIpc) is 2.45. The highest BCUT2D eigenvalue weighted by molar-refractivity contribution is 6.21. The fourth-order valence-electron chi connectivity index (χ4n) is 0.932.